The molecule has 0 aliphatic carbocycles. The Hall–Kier alpha value is -1.90. The second-order valence-electron chi connectivity index (χ2n) is 6.33. The van der Waals surface area contributed by atoms with E-state index in [1.807, 2.05) is 0 Å². The molecule has 0 bridgehead atoms. The van der Waals surface area contributed by atoms with E-state index in [-0.39, 0.29) is 23.9 Å². The van der Waals surface area contributed by atoms with Crippen LogP contribution in [0.1, 0.15) is 21.7 Å². The topological polar surface area (TPSA) is 75.5 Å². The number of piperazine rings is 1. The minimum Gasteiger partial charge on any atom is -0.336 e. The standard InChI is InChI=1S/C17H21ClN4O3S/c1-12-16(13(2)20(3)19-12)26(24,25)22-9-7-21(8-10-22)17(23)14-5-4-6-15(18)11-14/h4-6,11H,7-10H2,1-3H3. The largest absolute Gasteiger partial charge is 0.336 e. The first-order valence-electron chi connectivity index (χ1n) is 8.27. The van der Waals surface area contributed by atoms with Gasteiger partial charge in [-0.2, -0.15) is 9.40 Å². The Balaban J connectivity index is 1.75. The van der Waals surface area contributed by atoms with Crippen molar-refractivity contribution in [3.8, 4) is 0 Å². The van der Waals surface area contributed by atoms with E-state index in [2.05, 4.69) is 5.10 Å². The molecular formula is C17H21ClN4O3S. The minimum absolute atomic E-state index is 0.140. The van der Waals surface area contributed by atoms with E-state index < -0.39 is 10.0 Å². The van der Waals surface area contributed by atoms with Gasteiger partial charge >= 0.3 is 0 Å². The summed E-state index contributed by atoms with van der Waals surface area (Å²) in [4.78, 5) is 14.5. The van der Waals surface area contributed by atoms with Gasteiger partial charge < -0.3 is 4.90 Å². The number of nitrogens with zero attached hydrogens (tertiary/aromatic N) is 4. The zero-order valence-corrected chi connectivity index (χ0v) is 16.5. The Labute approximate surface area is 158 Å². The Morgan fingerprint density at radius 1 is 1.15 bits per heavy atom. The van der Waals surface area contributed by atoms with E-state index in [9.17, 15) is 13.2 Å². The highest BCUT2D eigenvalue weighted by molar-refractivity contribution is 7.89. The molecule has 0 radical (unpaired) electrons. The third kappa shape index (κ3) is 3.36. The summed E-state index contributed by atoms with van der Waals surface area (Å²) in [7, 11) is -1.91. The lowest BCUT2D eigenvalue weighted by Crippen LogP contribution is -2.50. The van der Waals surface area contributed by atoms with Crippen molar-refractivity contribution in [3.63, 3.8) is 0 Å². The van der Waals surface area contributed by atoms with Crippen LogP contribution in [0.25, 0.3) is 0 Å². The first-order chi connectivity index (χ1) is 12.2. The van der Waals surface area contributed by atoms with Gasteiger partial charge in [-0.25, -0.2) is 8.42 Å². The fourth-order valence-corrected chi connectivity index (χ4v) is 5.20. The molecule has 7 nitrogen and oxygen atoms in total. The lowest BCUT2D eigenvalue weighted by molar-refractivity contribution is 0.0698. The Morgan fingerprint density at radius 2 is 1.81 bits per heavy atom. The number of rotatable bonds is 3. The zero-order chi connectivity index (χ0) is 19.1. The Morgan fingerprint density at radius 3 is 2.35 bits per heavy atom. The van der Waals surface area contributed by atoms with Crippen molar-refractivity contribution in [1.82, 2.24) is 19.0 Å². The number of hydrogen-bond acceptors (Lipinski definition) is 4. The summed E-state index contributed by atoms with van der Waals surface area (Å²) in [6.45, 7) is 4.61. The molecule has 9 heteroatoms. The average Bonchev–Trinajstić information content (AvgIpc) is 2.87. The summed E-state index contributed by atoms with van der Waals surface area (Å²) in [5, 5.41) is 4.70. The van der Waals surface area contributed by atoms with Crippen LogP contribution in [0.15, 0.2) is 29.2 Å². The van der Waals surface area contributed by atoms with E-state index >= 15 is 0 Å². The molecule has 0 N–H and O–H groups in total. The maximum absolute atomic E-state index is 13.0. The summed E-state index contributed by atoms with van der Waals surface area (Å²) in [5.41, 5.74) is 1.61. The number of carbonyl (C=O) groups excluding carboxylic acids is 1. The number of amides is 1. The lowest BCUT2D eigenvalue weighted by atomic mass is 10.2. The van der Waals surface area contributed by atoms with Crippen LogP contribution in [-0.4, -0.2) is 59.5 Å². The van der Waals surface area contributed by atoms with Crippen molar-refractivity contribution in [1.29, 1.82) is 0 Å². The smallest absolute Gasteiger partial charge is 0.253 e. The second-order valence-corrected chi connectivity index (χ2v) is 8.64. The quantitative estimate of drug-likeness (QED) is 0.793. The van der Waals surface area contributed by atoms with Gasteiger partial charge in [-0.05, 0) is 32.0 Å². The van der Waals surface area contributed by atoms with Gasteiger partial charge in [0.25, 0.3) is 5.91 Å². The van der Waals surface area contributed by atoms with Crippen LogP contribution in [0.2, 0.25) is 5.02 Å². The van der Waals surface area contributed by atoms with Crippen LogP contribution in [0, 0.1) is 13.8 Å². The van der Waals surface area contributed by atoms with Crippen molar-refractivity contribution in [2.24, 2.45) is 7.05 Å². The van der Waals surface area contributed by atoms with Gasteiger partial charge in [0.15, 0.2) is 0 Å². The normalized spacial score (nSPS) is 16.1. The molecule has 1 saturated heterocycles. The number of hydrogen-bond donors (Lipinski definition) is 0. The number of aromatic nitrogens is 2. The molecule has 0 atom stereocenters. The van der Waals surface area contributed by atoms with E-state index in [0.29, 0.717) is 35.1 Å². The first kappa shape index (κ1) is 18.9. The van der Waals surface area contributed by atoms with E-state index in [1.54, 1.807) is 54.7 Å². The van der Waals surface area contributed by atoms with Crippen molar-refractivity contribution in [2.75, 3.05) is 26.2 Å². The van der Waals surface area contributed by atoms with E-state index in [1.165, 1.54) is 4.31 Å². The maximum atomic E-state index is 13.0. The Kier molecular flexibility index (Phi) is 5.09. The molecule has 1 aromatic heterocycles. The number of carbonyl (C=O) groups is 1. The molecule has 1 aliphatic rings. The SMILES string of the molecule is Cc1nn(C)c(C)c1S(=O)(=O)N1CCN(C(=O)c2cccc(Cl)c2)CC1. The Bertz CT molecular complexity index is 947. The van der Waals surface area contributed by atoms with E-state index in [4.69, 9.17) is 11.6 Å². The van der Waals surface area contributed by atoms with Crippen LogP contribution >= 0.6 is 11.6 Å². The molecule has 0 spiro atoms. The molecule has 0 unspecified atom stereocenters. The molecule has 1 aromatic carbocycles. The highest BCUT2D eigenvalue weighted by atomic mass is 35.5. The second kappa shape index (κ2) is 7.02. The van der Waals surface area contributed by atoms with Crippen LogP contribution in [-0.2, 0) is 17.1 Å². The highest BCUT2D eigenvalue weighted by Crippen LogP contribution is 2.24. The van der Waals surface area contributed by atoms with E-state index in [0.717, 1.165) is 0 Å². The molecule has 26 heavy (non-hydrogen) atoms. The summed E-state index contributed by atoms with van der Waals surface area (Å²) in [5.74, 6) is -0.140. The predicted molar refractivity (Wildman–Crippen MR) is 98.8 cm³/mol. The predicted octanol–water partition coefficient (Wildman–Crippen LogP) is 1.84. The maximum Gasteiger partial charge on any atom is 0.253 e. The monoisotopic (exact) mass is 396 g/mol. The van der Waals surface area contributed by atoms with Gasteiger partial charge in [-0.3, -0.25) is 9.48 Å². The summed E-state index contributed by atoms with van der Waals surface area (Å²) >= 11 is 5.94. The molecule has 2 aromatic rings. The lowest BCUT2D eigenvalue weighted by Gasteiger charge is -2.34. The summed E-state index contributed by atoms with van der Waals surface area (Å²) in [6, 6.07) is 6.76. The molecule has 0 saturated carbocycles. The fourth-order valence-electron chi connectivity index (χ4n) is 3.19. The van der Waals surface area contributed by atoms with Gasteiger partial charge in [0.1, 0.15) is 4.90 Å². The van der Waals surface area contributed by atoms with Gasteiger partial charge in [0.2, 0.25) is 10.0 Å². The van der Waals surface area contributed by atoms with Gasteiger partial charge in [-0.1, -0.05) is 17.7 Å². The summed E-state index contributed by atoms with van der Waals surface area (Å²) < 4.78 is 29.0. The number of benzene rings is 1. The van der Waals surface area contributed by atoms with Crippen LogP contribution < -0.4 is 0 Å². The highest BCUT2D eigenvalue weighted by Gasteiger charge is 2.34. The third-order valence-electron chi connectivity index (χ3n) is 4.64. The fraction of sp³-hybridized carbons (Fsp3) is 0.412. The number of sulfonamides is 1. The first-order valence-corrected chi connectivity index (χ1v) is 10.1. The van der Waals surface area contributed by atoms with Crippen molar-refractivity contribution in [2.45, 2.75) is 18.7 Å². The molecule has 140 valence electrons. The molecule has 3 rings (SSSR count). The van der Waals surface area contributed by atoms with Crippen molar-refractivity contribution < 1.29 is 13.2 Å². The molecule has 1 amide bonds. The van der Waals surface area contributed by atoms with Gasteiger partial charge in [-0.15, -0.1) is 0 Å². The third-order valence-corrected chi connectivity index (χ3v) is 7.02. The number of halogens is 1. The average molecular weight is 397 g/mol. The van der Waals surface area contributed by atoms with Gasteiger partial charge in [0.05, 0.1) is 11.4 Å². The van der Waals surface area contributed by atoms with Crippen molar-refractivity contribution >= 4 is 27.5 Å². The van der Waals surface area contributed by atoms with Gasteiger partial charge in [0, 0.05) is 43.8 Å². The van der Waals surface area contributed by atoms with Crippen molar-refractivity contribution in [3.05, 3.63) is 46.2 Å². The van der Waals surface area contributed by atoms with Crippen LogP contribution in [0.5, 0.6) is 0 Å². The molecule has 1 fully saturated rings. The molecular weight excluding hydrogens is 376 g/mol. The zero-order valence-electron chi connectivity index (χ0n) is 14.9. The summed E-state index contributed by atoms with van der Waals surface area (Å²) in [6.07, 6.45) is 0. The minimum atomic E-state index is -3.63. The molecule has 1 aliphatic heterocycles. The number of aryl methyl sites for hydroxylation is 2. The van der Waals surface area contributed by atoms with Crippen LogP contribution in [0.4, 0.5) is 0 Å². The molecule has 2 heterocycles. The van der Waals surface area contributed by atoms with Crippen LogP contribution in [0.3, 0.4) is 0 Å².